The van der Waals surface area contributed by atoms with Gasteiger partial charge in [-0.1, -0.05) is 0 Å². The van der Waals surface area contributed by atoms with E-state index in [0.717, 1.165) is 0 Å². The fraction of sp³-hybridized carbons (Fsp3) is 0. The number of hydrogen-bond donors (Lipinski definition) is 2. The van der Waals surface area contributed by atoms with Crippen LogP contribution in [0.15, 0.2) is 16.6 Å². The van der Waals surface area contributed by atoms with E-state index in [-0.39, 0.29) is 5.56 Å². The van der Waals surface area contributed by atoms with Gasteiger partial charge in [-0.25, -0.2) is 9.78 Å². The largest absolute Gasteiger partial charge is 0.478 e. The van der Waals surface area contributed by atoms with Crippen LogP contribution in [0.3, 0.4) is 0 Å². The van der Waals surface area contributed by atoms with E-state index in [4.69, 9.17) is 5.11 Å². The molecule has 0 amide bonds. The summed E-state index contributed by atoms with van der Waals surface area (Å²) in [5.74, 6) is -1.08. The minimum Gasteiger partial charge on any atom is -0.478 e. The molecule has 0 aliphatic carbocycles. The minimum atomic E-state index is -1.08. The standard InChI is InChI=1S/C8H4BrFN2O2/c9-4-2-6-5(11-8(10)12-6)1-3(4)7(13)14/h1-2H,(H,11,12)(H,13,14). The Morgan fingerprint density at radius 3 is 2.93 bits per heavy atom. The number of carbonyl (C=O) groups is 1. The lowest BCUT2D eigenvalue weighted by molar-refractivity contribution is 0.0696. The predicted molar refractivity (Wildman–Crippen MR) is 50.7 cm³/mol. The molecule has 2 aromatic rings. The van der Waals surface area contributed by atoms with Crippen LogP contribution in [0.1, 0.15) is 10.4 Å². The second kappa shape index (κ2) is 3.06. The van der Waals surface area contributed by atoms with Gasteiger partial charge in [0.25, 0.3) is 6.08 Å². The van der Waals surface area contributed by atoms with Gasteiger partial charge in [0.05, 0.1) is 16.6 Å². The first-order valence-electron chi connectivity index (χ1n) is 3.66. The molecule has 4 nitrogen and oxygen atoms in total. The van der Waals surface area contributed by atoms with Crippen LogP contribution in [0.25, 0.3) is 11.0 Å². The Bertz CT molecular complexity index is 523. The first-order valence-corrected chi connectivity index (χ1v) is 4.45. The maximum Gasteiger partial charge on any atom is 0.336 e. The zero-order chi connectivity index (χ0) is 10.3. The summed E-state index contributed by atoms with van der Waals surface area (Å²) in [6.07, 6.45) is -0.727. The second-order valence-corrected chi connectivity index (χ2v) is 3.54. The van der Waals surface area contributed by atoms with E-state index in [1.807, 2.05) is 0 Å². The Morgan fingerprint density at radius 2 is 2.29 bits per heavy atom. The van der Waals surface area contributed by atoms with Gasteiger partial charge in [-0.05, 0) is 28.1 Å². The number of H-pyrrole nitrogens is 1. The summed E-state index contributed by atoms with van der Waals surface area (Å²) >= 11 is 3.08. The van der Waals surface area contributed by atoms with Crippen LogP contribution in [-0.2, 0) is 0 Å². The third-order valence-corrected chi connectivity index (χ3v) is 2.43. The molecule has 2 rings (SSSR count). The van der Waals surface area contributed by atoms with E-state index in [9.17, 15) is 9.18 Å². The highest BCUT2D eigenvalue weighted by Crippen LogP contribution is 2.22. The Labute approximate surface area is 85.9 Å². The van der Waals surface area contributed by atoms with E-state index in [1.54, 1.807) is 0 Å². The first-order chi connectivity index (χ1) is 6.58. The molecule has 0 saturated heterocycles. The van der Waals surface area contributed by atoms with Crippen molar-refractivity contribution in [1.82, 2.24) is 9.97 Å². The van der Waals surface area contributed by atoms with E-state index >= 15 is 0 Å². The maximum absolute atomic E-state index is 12.7. The highest BCUT2D eigenvalue weighted by atomic mass is 79.9. The fourth-order valence-electron chi connectivity index (χ4n) is 1.16. The number of rotatable bonds is 1. The Kier molecular flexibility index (Phi) is 1.99. The van der Waals surface area contributed by atoms with Crippen molar-refractivity contribution in [3.8, 4) is 0 Å². The lowest BCUT2D eigenvalue weighted by Gasteiger charge is -1.97. The van der Waals surface area contributed by atoms with E-state index in [0.29, 0.717) is 15.5 Å². The molecule has 2 N–H and O–H groups in total. The van der Waals surface area contributed by atoms with Crippen LogP contribution in [-0.4, -0.2) is 21.0 Å². The smallest absolute Gasteiger partial charge is 0.336 e. The zero-order valence-corrected chi connectivity index (χ0v) is 8.30. The van der Waals surface area contributed by atoms with E-state index in [2.05, 4.69) is 25.9 Å². The number of aromatic amines is 1. The Morgan fingerprint density at radius 1 is 1.57 bits per heavy atom. The Hall–Kier alpha value is -1.43. The second-order valence-electron chi connectivity index (χ2n) is 2.68. The van der Waals surface area contributed by atoms with Gasteiger partial charge < -0.3 is 10.1 Å². The summed E-state index contributed by atoms with van der Waals surface area (Å²) in [5.41, 5.74) is 0.812. The summed E-state index contributed by atoms with van der Waals surface area (Å²) in [7, 11) is 0. The number of hydrogen-bond acceptors (Lipinski definition) is 2. The van der Waals surface area contributed by atoms with Crippen molar-refractivity contribution < 1.29 is 14.3 Å². The van der Waals surface area contributed by atoms with Crippen molar-refractivity contribution in [1.29, 1.82) is 0 Å². The topological polar surface area (TPSA) is 66.0 Å². The van der Waals surface area contributed by atoms with Gasteiger partial charge in [0.1, 0.15) is 0 Å². The molecule has 72 valence electrons. The number of imidazole rings is 1. The van der Waals surface area contributed by atoms with Gasteiger partial charge >= 0.3 is 5.97 Å². The molecule has 0 aliphatic heterocycles. The monoisotopic (exact) mass is 258 g/mol. The number of carboxylic acid groups (broad SMARTS) is 1. The molecule has 0 unspecified atom stereocenters. The lowest BCUT2D eigenvalue weighted by Crippen LogP contribution is -1.97. The van der Waals surface area contributed by atoms with Gasteiger partial charge in [-0.2, -0.15) is 4.39 Å². The summed E-state index contributed by atoms with van der Waals surface area (Å²) in [6.45, 7) is 0. The number of benzene rings is 1. The quantitative estimate of drug-likeness (QED) is 0.824. The third kappa shape index (κ3) is 1.37. The van der Waals surface area contributed by atoms with Gasteiger partial charge in [0.2, 0.25) is 0 Å². The van der Waals surface area contributed by atoms with Crippen molar-refractivity contribution in [3.05, 3.63) is 28.2 Å². The van der Waals surface area contributed by atoms with Crippen LogP contribution in [0.4, 0.5) is 4.39 Å². The number of nitrogens with zero attached hydrogens (tertiary/aromatic N) is 1. The van der Waals surface area contributed by atoms with Crippen LogP contribution < -0.4 is 0 Å². The van der Waals surface area contributed by atoms with Crippen LogP contribution in [0.5, 0.6) is 0 Å². The maximum atomic E-state index is 12.7. The van der Waals surface area contributed by atoms with Crippen molar-refractivity contribution in [2.45, 2.75) is 0 Å². The number of nitrogens with one attached hydrogen (secondary N) is 1. The van der Waals surface area contributed by atoms with Gasteiger partial charge in [-0.15, -0.1) is 0 Å². The Balaban J connectivity index is 2.76. The minimum absolute atomic E-state index is 0.0593. The summed E-state index contributed by atoms with van der Waals surface area (Å²) in [5, 5.41) is 8.77. The average Bonchev–Trinajstić information content (AvgIpc) is 2.42. The molecule has 6 heteroatoms. The number of halogens is 2. The number of aromatic carboxylic acids is 1. The van der Waals surface area contributed by atoms with Gasteiger partial charge in [0, 0.05) is 4.47 Å². The molecule has 0 bridgehead atoms. The van der Waals surface area contributed by atoms with E-state index in [1.165, 1.54) is 12.1 Å². The highest BCUT2D eigenvalue weighted by Gasteiger charge is 2.11. The van der Waals surface area contributed by atoms with Crippen LogP contribution in [0, 0.1) is 6.08 Å². The van der Waals surface area contributed by atoms with Crippen molar-refractivity contribution in [2.75, 3.05) is 0 Å². The third-order valence-electron chi connectivity index (χ3n) is 1.77. The molecule has 0 aliphatic rings. The van der Waals surface area contributed by atoms with Crippen molar-refractivity contribution in [2.24, 2.45) is 0 Å². The van der Waals surface area contributed by atoms with Crippen LogP contribution >= 0.6 is 15.9 Å². The first kappa shape index (κ1) is 9.14. The normalized spacial score (nSPS) is 10.7. The highest BCUT2D eigenvalue weighted by molar-refractivity contribution is 9.10. The molecular weight excluding hydrogens is 255 g/mol. The van der Waals surface area contributed by atoms with Gasteiger partial charge in [-0.3, -0.25) is 0 Å². The molecule has 0 saturated carbocycles. The number of aromatic nitrogens is 2. The molecule has 14 heavy (non-hydrogen) atoms. The summed E-state index contributed by atoms with van der Waals surface area (Å²) in [6, 6.07) is 2.79. The van der Waals surface area contributed by atoms with Gasteiger partial charge in [0.15, 0.2) is 0 Å². The molecule has 0 radical (unpaired) electrons. The van der Waals surface area contributed by atoms with Crippen molar-refractivity contribution >= 4 is 32.9 Å². The molecule has 1 heterocycles. The zero-order valence-electron chi connectivity index (χ0n) is 6.71. The fourth-order valence-corrected chi connectivity index (χ4v) is 1.68. The van der Waals surface area contributed by atoms with Crippen molar-refractivity contribution in [3.63, 3.8) is 0 Å². The summed E-state index contributed by atoms with van der Waals surface area (Å²) < 4.78 is 13.0. The summed E-state index contributed by atoms with van der Waals surface area (Å²) in [4.78, 5) is 16.6. The number of fused-ring (bicyclic) bond motifs is 1. The number of carboxylic acids is 1. The molecule has 0 atom stereocenters. The molecular formula is C8H4BrFN2O2. The lowest BCUT2D eigenvalue weighted by atomic mass is 10.2. The average molecular weight is 259 g/mol. The molecule has 0 spiro atoms. The van der Waals surface area contributed by atoms with E-state index < -0.39 is 12.0 Å². The SMILES string of the molecule is O=C(O)c1cc2nc(F)[nH]c2cc1Br. The predicted octanol–water partition coefficient (Wildman–Crippen LogP) is 2.16. The molecule has 1 aromatic carbocycles. The molecule has 0 fully saturated rings. The molecule has 1 aromatic heterocycles. The van der Waals surface area contributed by atoms with Crippen LogP contribution in [0.2, 0.25) is 0 Å².